The van der Waals surface area contributed by atoms with Crippen LogP contribution in [-0.2, 0) is 0 Å². The van der Waals surface area contributed by atoms with Crippen LogP contribution in [0, 0.1) is 6.92 Å². The van der Waals surface area contributed by atoms with Crippen molar-refractivity contribution < 1.29 is 14.6 Å². The van der Waals surface area contributed by atoms with Crippen LogP contribution in [0.3, 0.4) is 0 Å². The number of halogens is 1. The Bertz CT molecular complexity index is 743. The van der Waals surface area contributed by atoms with E-state index in [0.29, 0.717) is 27.0 Å². The Morgan fingerprint density at radius 1 is 1.55 bits per heavy atom. The lowest BCUT2D eigenvalue weighted by atomic mass is 10.2. The third kappa shape index (κ3) is 3.63. The van der Waals surface area contributed by atoms with Gasteiger partial charge in [0.25, 0.3) is 0 Å². The van der Waals surface area contributed by atoms with Crippen LogP contribution in [0.4, 0.5) is 5.13 Å². The van der Waals surface area contributed by atoms with Gasteiger partial charge in [0.15, 0.2) is 17.3 Å². The predicted octanol–water partition coefficient (Wildman–Crippen LogP) is 3.58. The number of thiazole rings is 1. The van der Waals surface area contributed by atoms with Crippen LogP contribution in [0.1, 0.15) is 27.9 Å². The monoisotopic (exact) mass is 383 g/mol. The molecule has 8 heteroatoms. The van der Waals surface area contributed by atoms with Gasteiger partial charge in [-0.15, -0.1) is 0 Å². The summed E-state index contributed by atoms with van der Waals surface area (Å²) in [5.74, 6) is 0.317. The second-order valence-electron chi connectivity index (χ2n) is 4.41. The number of hydrogen-bond acceptors (Lipinski definition) is 7. The molecule has 116 valence electrons. The number of ketones is 1. The molecule has 0 radical (unpaired) electrons. The molecule has 2 N–H and O–H groups in total. The lowest BCUT2D eigenvalue weighted by molar-refractivity contribution is 0.102. The molecule has 6 nitrogen and oxygen atoms in total. The maximum atomic E-state index is 11.4. The highest BCUT2D eigenvalue weighted by molar-refractivity contribution is 9.10. The fourth-order valence-electron chi connectivity index (χ4n) is 1.78. The van der Waals surface area contributed by atoms with Crippen LogP contribution in [0.5, 0.6) is 11.5 Å². The number of phenols is 1. The van der Waals surface area contributed by atoms with Crippen LogP contribution < -0.4 is 10.2 Å². The zero-order chi connectivity index (χ0) is 16.3. The van der Waals surface area contributed by atoms with Gasteiger partial charge in [0.2, 0.25) is 5.13 Å². The smallest absolute Gasteiger partial charge is 0.204 e. The first-order valence-electron chi connectivity index (χ1n) is 6.26. The molecule has 22 heavy (non-hydrogen) atoms. The number of hydrazone groups is 1. The number of nitrogens with one attached hydrogen (secondary N) is 1. The fraction of sp³-hybridized carbons (Fsp3) is 0.214. The average molecular weight is 384 g/mol. The van der Waals surface area contributed by atoms with Gasteiger partial charge < -0.3 is 9.84 Å². The summed E-state index contributed by atoms with van der Waals surface area (Å²) in [4.78, 5) is 16.2. The van der Waals surface area contributed by atoms with Crippen molar-refractivity contribution in [1.82, 2.24) is 4.98 Å². The molecule has 2 rings (SSSR count). The summed E-state index contributed by atoms with van der Waals surface area (Å²) in [6.07, 6.45) is 1.45. The molecule has 0 aliphatic carbocycles. The van der Waals surface area contributed by atoms with Crippen molar-refractivity contribution in [3.05, 3.63) is 32.7 Å². The summed E-state index contributed by atoms with van der Waals surface area (Å²) in [5, 5.41) is 14.6. The molecule has 0 saturated heterocycles. The summed E-state index contributed by atoms with van der Waals surface area (Å²) < 4.78 is 5.82. The minimum absolute atomic E-state index is 0.00371. The van der Waals surface area contributed by atoms with E-state index in [0.717, 1.165) is 4.47 Å². The van der Waals surface area contributed by atoms with E-state index in [9.17, 15) is 9.90 Å². The van der Waals surface area contributed by atoms with Gasteiger partial charge in [0, 0.05) is 17.0 Å². The molecule has 0 aliphatic heterocycles. The number of hydrogen-bond donors (Lipinski definition) is 2. The number of benzene rings is 1. The standard InChI is InChI=1S/C14H14BrN3O3S/c1-7-13(8(2)19)22-14(17-7)18-16-6-9-4-10(15)5-11(21-3)12(9)20/h4-6,20H,1-3H3,(H,17,18)/b16-6+. The number of rotatable bonds is 5. The van der Waals surface area contributed by atoms with Crippen LogP contribution in [0.15, 0.2) is 21.7 Å². The number of phenolic OH excluding ortho intramolecular Hbond substituents is 1. The van der Waals surface area contributed by atoms with Gasteiger partial charge in [-0.1, -0.05) is 27.3 Å². The molecular weight excluding hydrogens is 370 g/mol. The highest BCUT2D eigenvalue weighted by atomic mass is 79.9. The molecule has 0 unspecified atom stereocenters. The van der Waals surface area contributed by atoms with Crippen molar-refractivity contribution in [3.63, 3.8) is 0 Å². The summed E-state index contributed by atoms with van der Waals surface area (Å²) in [5.41, 5.74) is 3.90. The minimum Gasteiger partial charge on any atom is -0.504 e. The van der Waals surface area contributed by atoms with Gasteiger partial charge in [0.05, 0.1) is 23.9 Å². The van der Waals surface area contributed by atoms with Crippen LogP contribution >= 0.6 is 27.3 Å². The number of carbonyl (C=O) groups is 1. The maximum Gasteiger partial charge on any atom is 0.204 e. The second kappa shape index (κ2) is 6.89. The number of ether oxygens (including phenoxy) is 1. The van der Waals surface area contributed by atoms with Gasteiger partial charge in [-0.3, -0.25) is 10.2 Å². The molecule has 0 spiro atoms. The van der Waals surface area contributed by atoms with Gasteiger partial charge in [-0.2, -0.15) is 5.10 Å². The van der Waals surface area contributed by atoms with Gasteiger partial charge in [0.1, 0.15) is 0 Å². The molecule has 1 heterocycles. The summed E-state index contributed by atoms with van der Waals surface area (Å²) >= 11 is 4.57. The number of anilines is 1. The van der Waals surface area contributed by atoms with E-state index in [1.54, 1.807) is 19.1 Å². The lowest BCUT2D eigenvalue weighted by Crippen LogP contribution is -1.93. The number of methoxy groups -OCH3 is 1. The molecule has 0 amide bonds. The third-order valence-electron chi connectivity index (χ3n) is 2.77. The predicted molar refractivity (Wildman–Crippen MR) is 90.4 cm³/mol. The van der Waals surface area contributed by atoms with E-state index in [1.807, 2.05) is 0 Å². The Morgan fingerprint density at radius 2 is 2.27 bits per heavy atom. The summed E-state index contributed by atoms with van der Waals surface area (Å²) in [6, 6.07) is 3.36. The Morgan fingerprint density at radius 3 is 2.86 bits per heavy atom. The number of aromatic hydroxyl groups is 1. The summed E-state index contributed by atoms with van der Waals surface area (Å²) in [7, 11) is 1.47. The Balaban J connectivity index is 2.18. The van der Waals surface area contributed by atoms with Gasteiger partial charge in [-0.05, 0) is 19.1 Å². The number of aryl methyl sites for hydroxylation is 1. The van der Waals surface area contributed by atoms with Crippen LogP contribution in [-0.4, -0.2) is 29.2 Å². The number of aromatic nitrogens is 1. The fourth-order valence-corrected chi connectivity index (χ4v) is 3.04. The van der Waals surface area contributed by atoms with E-state index in [2.05, 4.69) is 31.4 Å². The van der Waals surface area contributed by atoms with Crippen molar-refractivity contribution in [2.45, 2.75) is 13.8 Å². The van der Waals surface area contributed by atoms with Crippen molar-refractivity contribution >= 4 is 44.4 Å². The molecule has 0 atom stereocenters. The molecule has 0 fully saturated rings. The largest absolute Gasteiger partial charge is 0.504 e. The number of nitrogens with zero attached hydrogens (tertiary/aromatic N) is 2. The minimum atomic E-state index is -0.0265. The summed E-state index contributed by atoms with van der Waals surface area (Å²) in [6.45, 7) is 3.27. The van der Waals surface area contributed by atoms with E-state index >= 15 is 0 Å². The molecular formula is C14H14BrN3O3S. The first-order valence-corrected chi connectivity index (χ1v) is 7.87. The van der Waals surface area contributed by atoms with E-state index in [4.69, 9.17) is 4.74 Å². The molecule has 1 aromatic carbocycles. The van der Waals surface area contributed by atoms with Crippen molar-refractivity contribution in [3.8, 4) is 11.5 Å². The van der Waals surface area contributed by atoms with E-state index in [1.165, 1.54) is 31.6 Å². The number of Topliss-reactive ketones (excluding diaryl/α,β-unsaturated/α-hetero) is 1. The van der Waals surface area contributed by atoms with Crippen LogP contribution in [0.2, 0.25) is 0 Å². The molecule has 2 aromatic rings. The number of carbonyl (C=O) groups excluding carboxylic acids is 1. The van der Waals surface area contributed by atoms with Gasteiger partial charge >= 0.3 is 0 Å². The molecule has 0 bridgehead atoms. The Kier molecular flexibility index (Phi) is 5.15. The Hall–Kier alpha value is -1.93. The van der Waals surface area contributed by atoms with Crippen LogP contribution in [0.25, 0.3) is 0 Å². The second-order valence-corrected chi connectivity index (χ2v) is 6.32. The zero-order valence-electron chi connectivity index (χ0n) is 12.2. The van der Waals surface area contributed by atoms with E-state index < -0.39 is 0 Å². The Labute approximate surface area is 140 Å². The highest BCUT2D eigenvalue weighted by Crippen LogP contribution is 2.32. The first kappa shape index (κ1) is 16.4. The average Bonchev–Trinajstić information content (AvgIpc) is 2.83. The normalized spacial score (nSPS) is 10.9. The first-order chi connectivity index (χ1) is 10.4. The SMILES string of the molecule is COc1cc(Br)cc(/C=N/Nc2nc(C)c(C(C)=O)s2)c1O. The van der Waals surface area contributed by atoms with Crippen molar-refractivity contribution in [2.75, 3.05) is 12.5 Å². The van der Waals surface area contributed by atoms with Gasteiger partial charge in [-0.25, -0.2) is 4.98 Å². The van der Waals surface area contributed by atoms with Crippen molar-refractivity contribution in [1.29, 1.82) is 0 Å². The zero-order valence-corrected chi connectivity index (χ0v) is 14.6. The third-order valence-corrected chi connectivity index (χ3v) is 4.39. The topological polar surface area (TPSA) is 83.8 Å². The molecule has 0 saturated carbocycles. The molecule has 0 aliphatic rings. The lowest BCUT2D eigenvalue weighted by Gasteiger charge is -2.06. The van der Waals surface area contributed by atoms with Crippen molar-refractivity contribution in [2.24, 2.45) is 5.10 Å². The maximum absolute atomic E-state index is 11.4. The van der Waals surface area contributed by atoms with E-state index in [-0.39, 0.29) is 11.5 Å². The highest BCUT2D eigenvalue weighted by Gasteiger charge is 2.11. The quantitative estimate of drug-likeness (QED) is 0.468. The molecule has 1 aromatic heterocycles.